The third-order valence-corrected chi connectivity index (χ3v) is 4.36. The lowest BCUT2D eigenvalue weighted by Crippen LogP contribution is -2.15. The Hall–Kier alpha value is -2.76. The lowest BCUT2D eigenvalue weighted by molar-refractivity contribution is 0.544. The Morgan fingerprint density at radius 1 is 0.364 bits per heavy atom. The standard InChI is InChI=1S/3C9H14N2/c3*1-7-5-10-8(11-6-7)9(2,3)4/h3*5-6H,1-4H3. The zero-order chi connectivity index (χ0) is 25.4. The third kappa shape index (κ3) is 10.6. The average Bonchev–Trinajstić information content (AvgIpc) is 2.68. The summed E-state index contributed by atoms with van der Waals surface area (Å²) in [5.74, 6) is 2.72. The van der Waals surface area contributed by atoms with E-state index in [4.69, 9.17) is 0 Å². The van der Waals surface area contributed by atoms with Crippen LogP contribution in [0.25, 0.3) is 0 Å². The van der Waals surface area contributed by atoms with E-state index in [9.17, 15) is 0 Å². The van der Waals surface area contributed by atoms with Crippen LogP contribution in [0.1, 0.15) is 96.5 Å². The number of hydrogen-bond donors (Lipinski definition) is 0. The topological polar surface area (TPSA) is 77.3 Å². The van der Waals surface area contributed by atoms with Crippen LogP contribution < -0.4 is 0 Å². The molecule has 6 heteroatoms. The molecule has 0 aliphatic rings. The molecule has 0 bridgehead atoms. The van der Waals surface area contributed by atoms with Crippen molar-refractivity contribution in [2.75, 3.05) is 0 Å². The van der Waals surface area contributed by atoms with E-state index in [-0.39, 0.29) is 16.2 Å². The summed E-state index contributed by atoms with van der Waals surface area (Å²) in [5, 5.41) is 0. The van der Waals surface area contributed by atoms with Gasteiger partial charge >= 0.3 is 0 Å². The van der Waals surface area contributed by atoms with Crippen molar-refractivity contribution in [3.63, 3.8) is 0 Å². The van der Waals surface area contributed by atoms with Crippen LogP contribution in [0.5, 0.6) is 0 Å². The van der Waals surface area contributed by atoms with Gasteiger partial charge in [0.05, 0.1) is 0 Å². The van der Waals surface area contributed by atoms with Crippen LogP contribution in [0, 0.1) is 20.8 Å². The number of aryl methyl sites for hydroxylation is 3. The fourth-order valence-corrected chi connectivity index (χ4v) is 2.34. The van der Waals surface area contributed by atoms with Gasteiger partial charge in [-0.3, -0.25) is 0 Å². The molecule has 3 rings (SSSR count). The summed E-state index contributed by atoms with van der Waals surface area (Å²) in [4.78, 5) is 25.4. The van der Waals surface area contributed by atoms with Gasteiger partial charge in [-0.15, -0.1) is 0 Å². The first-order valence-electron chi connectivity index (χ1n) is 11.4. The molecule has 0 spiro atoms. The van der Waals surface area contributed by atoms with Crippen molar-refractivity contribution < 1.29 is 0 Å². The van der Waals surface area contributed by atoms with Gasteiger partial charge in [-0.1, -0.05) is 62.3 Å². The molecule has 0 fully saturated rings. The second-order valence-corrected chi connectivity index (χ2v) is 11.5. The molecule has 3 aromatic heterocycles. The summed E-state index contributed by atoms with van der Waals surface area (Å²) in [6, 6.07) is 0. The summed E-state index contributed by atoms with van der Waals surface area (Å²) in [7, 11) is 0. The first-order chi connectivity index (χ1) is 15.0. The predicted octanol–water partition coefficient (Wildman–Crippen LogP) is 6.25. The molecule has 0 N–H and O–H groups in total. The van der Waals surface area contributed by atoms with Crippen molar-refractivity contribution in [3.8, 4) is 0 Å². The lowest BCUT2D eigenvalue weighted by atomic mass is 9.96. The highest BCUT2D eigenvalue weighted by Gasteiger charge is 2.17. The maximum atomic E-state index is 4.24. The molecule has 33 heavy (non-hydrogen) atoms. The van der Waals surface area contributed by atoms with Gasteiger partial charge in [-0.05, 0) is 37.5 Å². The maximum absolute atomic E-state index is 4.24. The van der Waals surface area contributed by atoms with Crippen LogP contribution in [-0.4, -0.2) is 29.9 Å². The summed E-state index contributed by atoms with van der Waals surface area (Å²) < 4.78 is 0. The van der Waals surface area contributed by atoms with Crippen LogP contribution >= 0.6 is 0 Å². The third-order valence-electron chi connectivity index (χ3n) is 4.36. The largest absolute Gasteiger partial charge is 0.241 e. The average molecular weight is 451 g/mol. The molecule has 0 atom stereocenters. The fraction of sp³-hybridized carbons (Fsp3) is 0.556. The molecule has 0 unspecified atom stereocenters. The Morgan fingerprint density at radius 2 is 0.515 bits per heavy atom. The van der Waals surface area contributed by atoms with Crippen molar-refractivity contribution in [2.45, 2.75) is 99.3 Å². The van der Waals surface area contributed by atoms with Gasteiger partial charge in [0.15, 0.2) is 0 Å². The maximum Gasteiger partial charge on any atom is 0.133 e. The number of nitrogens with zero attached hydrogens (tertiary/aromatic N) is 6. The normalized spacial score (nSPS) is 11.6. The van der Waals surface area contributed by atoms with E-state index < -0.39 is 0 Å². The van der Waals surface area contributed by atoms with E-state index in [1.54, 1.807) is 0 Å². The van der Waals surface area contributed by atoms with Crippen LogP contribution in [0.4, 0.5) is 0 Å². The smallest absolute Gasteiger partial charge is 0.133 e. The van der Waals surface area contributed by atoms with Gasteiger partial charge in [0, 0.05) is 53.4 Å². The van der Waals surface area contributed by atoms with E-state index in [1.807, 2.05) is 58.0 Å². The van der Waals surface area contributed by atoms with Crippen molar-refractivity contribution >= 4 is 0 Å². The Morgan fingerprint density at radius 3 is 0.636 bits per heavy atom. The van der Waals surface area contributed by atoms with E-state index in [1.165, 1.54) is 0 Å². The van der Waals surface area contributed by atoms with Crippen molar-refractivity contribution in [2.24, 2.45) is 0 Å². The molecule has 6 nitrogen and oxygen atoms in total. The van der Waals surface area contributed by atoms with Gasteiger partial charge < -0.3 is 0 Å². The van der Waals surface area contributed by atoms with E-state index in [0.717, 1.165) is 34.2 Å². The second kappa shape index (κ2) is 11.4. The molecular formula is C27H42N6. The summed E-state index contributed by atoms with van der Waals surface area (Å²) in [6.07, 6.45) is 11.1. The van der Waals surface area contributed by atoms with Crippen LogP contribution in [-0.2, 0) is 16.2 Å². The minimum absolute atomic E-state index is 0.0632. The molecule has 0 aromatic carbocycles. The van der Waals surface area contributed by atoms with Crippen molar-refractivity contribution in [1.29, 1.82) is 0 Å². The molecule has 3 heterocycles. The molecule has 180 valence electrons. The van der Waals surface area contributed by atoms with Gasteiger partial charge in [0.25, 0.3) is 0 Å². The van der Waals surface area contributed by atoms with Gasteiger partial charge in [0.1, 0.15) is 17.5 Å². The molecular weight excluding hydrogens is 408 g/mol. The first-order valence-corrected chi connectivity index (χ1v) is 11.4. The summed E-state index contributed by atoms with van der Waals surface area (Å²) in [6.45, 7) is 25.0. The van der Waals surface area contributed by atoms with Crippen LogP contribution in [0.15, 0.2) is 37.2 Å². The number of aromatic nitrogens is 6. The highest BCUT2D eigenvalue weighted by atomic mass is 14.9. The Bertz CT molecular complexity index is 824. The van der Waals surface area contributed by atoms with E-state index in [0.29, 0.717) is 0 Å². The zero-order valence-electron chi connectivity index (χ0n) is 22.6. The predicted molar refractivity (Wildman–Crippen MR) is 136 cm³/mol. The molecule has 0 amide bonds. The first kappa shape index (κ1) is 28.3. The highest BCUT2D eigenvalue weighted by molar-refractivity contribution is 5.09. The van der Waals surface area contributed by atoms with E-state index >= 15 is 0 Å². The highest BCUT2D eigenvalue weighted by Crippen LogP contribution is 2.18. The SMILES string of the molecule is Cc1cnc(C(C)(C)C)nc1.Cc1cnc(C(C)(C)C)nc1.Cc1cnc(C(C)(C)C)nc1. The van der Waals surface area contributed by atoms with Gasteiger partial charge in [-0.2, -0.15) is 0 Å². The van der Waals surface area contributed by atoms with Crippen molar-refractivity contribution in [3.05, 3.63) is 71.3 Å². The molecule has 3 aromatic rings. The van der Waals surface area contributed by atoms with Crippen LogP contribution in [0.3, 0.4) is 0 Å². The number of rotatable bonds is 0. The molecule has 0 saturated heterocycles. The van der Waals surface area contributed by atoms with Gasteiger partial charge in [0.2, 0.25) is 0 Å². The lowest BCUT2D eigenvalue weighted by Gasteiger charge is -2.15. The minimum Gasteiger partial charge on any atom is -0.241 e. The monoisotopic (exact) mass is 450 g/mol. The Kier molecular flexibility index (Phi) is 9.76. The molecule has 0 saturated carbocycles. The second-order valence-electron chi connectivity index (χ2n) is 11.5. The number of hydrogen-bond acceptors (Lipinski definition) is 6. The van der Waals surface area contributed by atoms with Gasteiger partial charge in [-0.25, -0.2) is 29.9 Å². The quantitative estimate of drug-likeness (QED) is 0.403. The van der Waals surface area contributed by atoms with E-state index in [2.05, 4.69) is 92.2 Å². The molecule has 0 aliphatic heterocycles. The fourth-order valence-electron chi connectivity index (χ4n) is 2.34. The zero-order valence-corrected chi connectivity index (χ0v) is 22.6. The summed E-state index contributed by atoms with van der Waals surface area (Å²) >= 11 is 0. The minimum atomic E-state index is 0.0632. The van der Waals surface area contributed by atoms with Crippen LogP contribution in [0.2, 0.25) is 0 Å². The van der Waals surface area contributed by atoms with Crippen molar-refractivity contribution in [1.82, 2.24) is 29.9 Å². The Balaban J connectivity index is 0.000000247. The summed E-state index contributed by atoms with van der Waals surface area (Å²) in [5.41, 5.74) is 3.52. The molecule has 0 aliphatic carbocycles. The molecule has 0 radical (unpaired) electrons. The Labute approximate surface area is 200 Å².